The Bertz CT molecular complexity index is 1100. The third-order valence-electron chi connectivity index (χ3n) is 6.64. The number of benzene rings is 1. The highest BCUT2D eigenvalue weighted by molar-refractivity contribution is 6.11. The predicted molar refractivity (Wildman–Crippen MR) is 172 cm³/mol. The lowest BCUT2D eigenvalue weighted by molar-refractivity contribution is 0.0986. The number of rotatable bonds is 8. The van der Waals surface area contributed by atoms with Crippen molar-refractivity contribution in [2.75, 3.05) is 33.5 Å². The number of nitrogens with two attached hydrogens (primary N) is 1. The van der Waals surface area contributed by atoms with Crippen LogP contribution in [0.3, 0.4) is 0 Å². The summed E-state index contributed by atoms with van der Waals surface area (Å²) in [7, 11) is 7.29. The molecule has 39 heavy (non-hydrogen) atoms. The van der Waals surface area contributed by atoms with Crippen LogP contribution in [0.1, 0.15) is 64.5 Å². The van der Waals surface area contributed by atoms with Gasteiger partial charge in [0.2, 0.25) is 0 Å². The Labute approximate surface area is 237 Å². The van der Waals surface area contributed by atoms with Gasteiger partial charge in [-0.3, -0.25) is 4.99 Å². The molecule has 0 amide bonds. The molecule has 0 spiro atoms. The molecule has 3 rings (SSSR count). The normalized spacial score (nSPS) is 19.7. The van der Waals surface area contributed by atoms with E-state index in [1.807, 2.05) is 58.1 Å². The third-order valence-corrected chi connectivity index (χ3v) is 6.64. The molecule has 214 valence electrons. The first-order valence-electron chi connectivity index (χ1n) is 14.1. The molecule has 1 aromatic heterocycles. The van der Waals surface area contributed by atoms with Crippen molar-refractivity contribution >= 4 is 23.2 Å². The van der Waals surface area contributed by atoms with E-state index in [1.54, 1.807) is 7.05 Å². The molecule has 4 N–H and O–H groups in total. The zero-order valence-corrected chi connectivity index (χ0v) is 25.4. The van der Waals surface area contributed by atoms with Crippen LogP contribution in [0.4, 0.5) is 5.82 Å². The van der Waals surface area contributed by atoms with Gasteiger partial charge in [0.05, 0.1) is 17.8 Å². The molecule has 1 aliphatic carbocycles. The molecule has 6 nitrogen and oxygen atoms in total. The Morgan fingerprint density at radius 2 is 1.82 bits per heavy atom. The van der Waals surface area contributed by atoms with E-state index in [0.717, 1.165) is 65.0 Å². The zero-order chi connectivity index (χ0) is 29.4. The number of aliphatic hydroxyl groups is 1. The first-order chi connectivity index (χ1) is 18.9. The van der Waals surface area contributed by atoms with E-state index < -0.39 is 6.10 Å². The zero-order valence-electron chi connectivity index (χ0n) is 25.4. The Balaban J connectivity index is 0.00000181. The summed E-state index contributed by atoms with van der Waals surface area (Å²) in [4.78, 5) is 11.3. The molecule has 2 aromatic rings. The second kappa shape index (κ2) is 18.1. The maximum absolute atomic E-state index is 11.0. The van der Waals surface area contributed by atoms with Crippen molar-refractivity contribution in [3.63, 3.8) is 0 Å². The van der Waals surface area contributed by atoms with Crippen LogP contribution in [0.2, 0.25) is 0 Å². The van der Waals surface area contributed by atoms with Gasteiger partial charge in [-0.15, -0.1) is 0 Å². The standard InChI is InChI=1S/C30H40N4O.C2H6.CH5N/c1-7-22(19-31-4)26-16-17-27(25-14-11-13-24(18-25)23(8-2)20-34(5)6)32-30(26)33-28-15-10-9-12-21(3)29(28)35;2*1-2/h7-8,11,13-14,16-21,28-29,35H,2,9-10,12,15H2,1,3-6H3,(H,32,33);1-2H3;2H2,1H3/b22-7+,23-20+,31-19?;;. The van der Waals surface area contributed by atoms with Crippen molar-refractivity contribution in [3.05, 3.63) is 72.5 Å². The molecule has 1 fully saturated rings. The van der Waals surface area contributed by atoms with Gasteiger partial charge in [0, 0.05) is 44.7 Å². The van der Waals surface area contributed by atoms with Gasteiger partial charge in [-0.1, -0.05) is 70.5 Å². The van der Waals surface area contributed by atoms with Crippen LogP contribution in [-0.2, 0) is 0 Å². The predicted octanol–water partition coefficient (Wildman–Crippen LogP) is 6.89. The van der Waals surface area contributed by atoms with Gasteiger partial charge in [0.15, 0.2) is 0 Å². The van der Waals surface area contributed by atoms with Gasteiger partial charge in [0.25, 0.3) is 0 Å². The van der Waals surface area contributed by atoms with Crippen molar-refractivity contribution in [3.8, 4) is 11.3 Å². The monoisotopic (exact) mass is 533 g/mol. The van der Waals surface area contributed by atoms with E-state index in [9.17, 15) is 5.11 Å². The Hall–Kier alpha value is -3.22. The van der Waals surface area contributed by atoms with Crippen LogP contribution in [0.5, 0.6) is 0 Å². The van der Waals surface area contributed by atoms with E-state index in [-0.39, 0.29) is 12.0 Å². The highest BCUT2D eigenvalue weighted by atomic mass is 16.3. The summed E-state index contributed by atoms with van der Waals surface area (Å²) in [5, 5.41) is 14.6. The smallest absolute Gasteiger partial charge is 0.134 e. The largest absolute Gasteiger partial charge is 0.391 e. The highest BCUT2D eigenvalue weighted by Gasteiger charge is 2.28. The maximum atomic E-state index is 11.0. The van der Waals surface area contributed by atoms with Crippen LogP contribution in [-0.4, -0.2) is 61.5 Å². The molecule has 1 saturated carbocycles. The fraction of sp³-hybridized carbons (Fsp3) is 0.455. The lowest BCUT2D eigenvalue weighted by Crippen LogP contribution is -2.37. The van der Waals surface area contributed by atoms with Crippen LogP contribution in [0.25, 0.3) is 22.4 Å². The second-order valence-corrected chi connectivity index (χ2v) is 9.56. The minimum atomic E-state index is -0.403. The summed E-state index contributed by atoms with van der Waals surface area (Å²) in [6, 6.07) is 12.5. The minimum Gasteiger partial charge on any atom is -0.391 e. The number of hydrogen-bond donors (Lipinski definition) is 3. The first-order valence-corrected chi connectivity index (χ1v) is 14.1. The van der Waals surface area contributed by atoms with Gasteiger partial charge in [-0.2, -0.15) is 0 Å². The third kappa shape index (κ3) is 9.79. The molecule has 0 bridgehead atoms. The fourth-order valence-corrected chi connectivity index (χ4v) is 4.68. The number of allylic oxidation sites excluding steroid dienone is 4. The van der Waals surface area contributed by atoms with Gasteiger partial charge in [-0.05, 0) is 67.6 Å². The number of pyridine rings is 1. The van der Waals surface area contributed by atoms with Gasteiger partial charge in [0.1, 0.15) is 5.82 Å². The summed E-state index contributed by atoms with van der Waals surface area (Å²) in [5.41, 5.74) is 10.5. The van der Waals surface area contributed by atoms with Crippen LogP contribution >= 0.6 is 0 Å². The second-order valence-electron chi connectivity index (χ2n) is 9.56. The van der Waals surface area contributed by atoms with E-state index in [1.165, 1.54) is 7.05 Å². The average Bonchev–Trinajstić information content (AvgIpc) is 3.12. The number of nitrogens with zero attached hydrogens (tertiary/aromatic N) is 3. The number of aliphatic hydroxyl groups excluding tert-OH is 1. The number of aliphatic imine (C=N–C) groups is 1. The summed E-state index contributed by atoms with van der Waals surface area (Å²) in [6.07, 6.45) is 11.7. The van der Waals surface area contributed by atoms with Crippen molar-refractivity contribution in [2.45, 2.75) is 65.5 Å². The molecule has 3 unspecified atom stereocenters. The Morgan fingerprint density at radius 3 is 2.44 bits per heavy atom. The molecule has 0 saturated heterocycles. The number of hydrogen-bond acceptors (Lipinski definition) is 6. The van der Waals surface area contributed by atoms with Crippen LogP contribution in [0.15, 0.2) is 66.3 Å². The number of nitrogens with one attached hydrogen (secondary N) is 1. The number of anilines is 1. The summed E-state index contributed by atoms with van der Waals surface area (Å²) in [6.45, 7) is 12.1. The molecule has 0 radical (unpaired) electrons. The van der Waals surface area contributed by atoms with E-state index in [2.05, 4.69) is 72.1 Å². The van der Waals surface area contributed by atoms with Crippen molar-refractivity contribution in [2.24, 2.45) is 16.6 Å². The van der Waals surface area contributed by atoms with Gasteiger partial charge in [-0.25, -0.2) is 4.98 Å². The molecule has 3 atom stereocenters. The molecular formula is C33H51N5O. The molecule has 6 heteroatoms. The lowest BCUT2D eigenvalue weighted by Gasteiger charge is -2.27. The van der Waals surface area contributed by atoms with Crippen molar-refractivity contribution < 1.29 is 5.11 Å². The van der Waals surface area contributed by atoms with Crippen LogP contribution < -0.4 is 11.1 Å². The minimum absolute atomic E-state index is 0.0348. The average molecular weight is 534 g/mol. The highest BCUT2D eigenvalue weighted by Crippen LogP contribution is 2.31. The molecule has 1 aliphatic rings. The maximum Gasteiger partial charge on any atom is 0.134 e. The van der Waals surface area contributed by atoms with Gasteiger partial charge < -0.3 is 21.1 Å². The topological polar surface area (TPSA) is 86.8 Å². The Morgan fingerprint density at radius 1 is 1.13 bits per heavy atom. The number of aromatic nitrogens is 1. The molecule has 1 aromatic carbocycles. The quantitative estimate of drug-likeness (QED) is 0.195. The van der Waals surface area contributed by atoms with Gasteiger partial charge >= 0.3 is 0 Å². The molecule has 0 aliphatic heterocycles. The summed E-state index contributed by atoms with van der Waals surface area (Å²) < 4.78 is 0. The SMILES string of the molecule is C=C/C(=C\N(C)C)c1cccc(-c2ccc(/C(C=NC)=C/C)c(NC3CCCCC(C)C3O)n2)c1.CC.CN. The molecule has 1 heterocycles. The molecular weight excluding hydrogens is 482 g/mol. The van der Waals surface area contributed by atoms with E-state index in [4.69, 9.17) is 4.98 Å². The van der Waals surface area contributed by atoms with E-state index in [0.29, 0.717) is 0 Å². The Kier molecular flexibility index (Phi) is 15.7. The summed E-state index contributed by atoms with van der Waals surface area (Å²) >= 11 is 0. The van der Waals surface area contributed by atoms with Crippen molar-refractivity contribution in [1.82, 2.24) is 9.88 Å². The first kappa shape index (κ1) is 33.8. The summed E-state index contributed by atoms with van der Waals surface area (Å²) in [5.74, 6) is 1.05. The fourth-order valence-electron chi connectivity index (χ4n) is 4.68. The van der Waals surface area contributed by atoms with Crippen LogP contribution in [0, 0.1) is 5.92 Å². The lowest BCUT2D eigenvalue weighted by atomic mass is 9.96. The van der Waals surface area contributed by atoms with Crippen molar-refractivity contribution in [1.29, 1.82) is 0 Å². The van der Waals surface area contributed by atoms with E-state index >= 15 is 0 Å².